The van der Waals surface area contributed by atoms with Gasteiger partial charge in [-0.1, -0.05) is 24.3 Å². The molecule has 6 nitrogen and oxygen atoms in total. The van der Waals surface area contributed by atoms with E-state index in [1.54, 1.807) is 0 Å². The smallest absolute Gasteiger partial charge is 0.261 e. The molecule has 0 unspecified atom stereocenters. The van der Waals surface area contributed by atoms with Crippen LogP contribution in [0.2, 0.25) is 0 Å². The van der Waals surface area contributed by atoms with Crippen LogP contribution < -0.4 is 16.4 Å². The highest BCUT2D eigenvalue weighted by Gasteiger charge is 2.31. The number of imide groups is 1. The highest BCUT2D eigenvalue weighted by molar-refractivity contribution is 6.25. The minimum Gasteiger partial charge on any atom is -0.330 e. The first-order valence-electron chi connectivity index (χ1n) is 10.7. The van der Waals surface area contributed by atoms with E-state index >= 15 is 0 Å². The van der Waals surface area contributed by atoms with E-state index in [2.05, 4.69) is 10.6 Å². The van der Waals surface area contributed by atoms with Gasteiger partial charge in [-0.2, -0.15) is 0 Å². The molecule has 6 heteroatoms. The van der Waals surface area contributed by atoms with Crippen LogP contribution in [0.4, 0.5) is 0 Å². The zero-order valence-corrected chi connectivity index (χ0v) is 17.1. The van der Waals surface area contributed by atoms with Gasteiger partial charge in [-0.25, -0.2) is 0 Å². The van der Waals surface area contributed by atoms with Gasteiger partial charge in [0.2, 0.25) is 0 Å². The van der Waals surface area contributed by atoms with Crippen molar-refractivity contribution in [2.75, 3.05) is 39.3 Å². The topological polar surface area (TPSA) is 87.5 Å². The quantitative estimate of drug-likeness (QED) is 0.358. The Hall–Kier alpha value is -2.28. The first-order valence-corrected chi connectivity index (χ1v) is 10.7. The van der Waals surface area contributed by atoms with Crippen LogP contribution >= 0.6 is 0 Å². The fraction of sp³-hybridized carbons (Fsp3) is 0.478. The number of carbonyl (C=O) groups is 2. The van der Waals surface area contributed by atoms with E-state index < -0.39 is 0 Å². The molecule has 0 aliphatic carbocycles. The summed E-state index contributed by atoms with van der Waals surface area (Å²) in [4.78, 5) is 27.1. The molecule has 2 amide bonds. The van der Waals surface area contributed by atoms with E-state index in [9.17, 15) is 9.59 Å². The number of hydrogen-bond acceptors (Lipinski definition) is 5. The molecule has 2 aromatic rings. The van der Waals surface area contributed by atoms with Gasteiger partial charge in [-0.05, 0) is 82.3 Å². The number of unbranched alkanes of at least 4 members (excludes halogenated alkanes) is 2. The van der Waals surface area contributed by atoms with Gasteiger partial charge in [0, 0.05) is 23.1 Å². The summed E-state index contributed by atoms with van der Waals surface area (Å²) in [5.41, 5.74) is 6.73. The Labute approximate surface area is 172 Å². The molecule has 1 heterocycles. The Morgan fingerprint density at radius 3 is 1.79 bits per heavy atom. The van der Waals surface area contributed by atoms with Crippen molar-refractivity contribution in [3.05, 3.63) is 47.5 Å². The normalized spacial score (nSPS) is 13.5. The second-order valence-corrected chi connectivity index (χ2v) is 7.53. The molecule has 0 aromatic heterocycles. The molecule has 0 atom stereocenters. The van der Waals surface area contributed by atoms with Crippen LogP contribution in [0.3, 0.4) is 0 Å². The zero-order valence-electron chi connectivity index (χ0n) is 17.1. The number of rotatable bonds is 13. The van der Waals surface area contributed by atoms with Gasteiger partial charge in [0.05, 0.1) is 0 Å². The average Bonchev–Trinajstić information content (AvgIpc) is 2.74. The van der Waals surface area contributed by atoms with Gasteiger partial charge >= 0.3 is 0 Å². The summed E-state index contributed by atoms with van der Waals surface area (Å²) in [6.45, 7) is 5.14. The monoisotopic (exact) mass is 396 g/mol. The van der Waals surface area contributed by atoms with Crippen LogP contribution in [0.5, 0.6) is 0 Å². The van der Waals surface area contributed by atoms with Gasteiger partial charge in [-0.15, -0.1) is 0 Å². The summed E-state index contributed by atoms with van der Waals surface area (Å²) in [5.74, 6) is -0.344. The van der Waals surface area contributed by atoms with Gasteiger partial charge < -0.3 is 16.4 Å². The van der Waals surface area contributed by atoms with Crippen molar-refractivity contribution < 1.29 is 9.59 Å². The summed E-state index contributed by atoms with van der Waals surface area (Å²) >= 11 is 0. The maximum atomic E-state index is 12.8. The van der Waals surface area contributed by atoms with E-state index in [0.717, 1.165) is 75.6 Å². The molecule has 0 radical (unpaired) electrons. The number of nitrogens with one attached hydrogen (secondary N) is 2. The molecule has 29 heavy (non-hydrogen) atoms. The van der Waals surface area contributed by atoms with Crippen molar-refractivity contribution in [2.24, 2.45) is 5.73 Å². The molecule has 1 aliphatic rings. The zero-order chi connectivity index (χ0) is 20.5. The average molecular weight is 397 g/mol. The summed E-state index contributed by atoms with van der Waals surface area (Å²) in [7, 11) is 0. The van der Waals surface area contributed by atoms with Crippen LogP contribution in [0.15, 0.2) is 36.4 Å². The number of hydrogen-bond donors (Lipinski definition) is 3. The fourth-order valence-electron chi connectivity index (χ4n) is 3.78. The number of carbonyl (C=O) groups excluding carboxylic acids is 2. The van der Waals surface area contributed by atoms with Crippen molar-refractivity contribution in [1.29, 1.82) is 0 Å². The highest BCUT2D eigenvalue weighted by atomic mass is 16.2. The van der Waals surface area contributed by atoms with E-state index in [0.29, 0.717) is 17.7 Å². The molecule has 156 valence electrons. The van der Waals surface area contributed by atoms with Crippen molar-refractivity contribution in [2.45, 2.75) is 32.1 Å². The molecule has 3 rings (SSSR count). The number of benzene rings is 2. The van der Waals surface area contributed by atoms with Gasteiger partial charge in [0.25, 0.3) is 11.8 Å². The lowest BCUT2D eigenvalue weighted by Gasteiger charge is -2.27. The molecular weight excluding hydrogens is 364 g/mol. The standard InChI is InChI=1S/C23H32N4O2/c24-12-7-16-26-14-2-1-13-25-15-3-4-17-27-22(28)19-10-5-8-18-9-6-11-20(21(18)19)23(27)29/h5-6,8-11,25-26H,1-4,7,12-17,24H2. The van der Waals surface area contributed by atoms with Crippen LogP contribution in [-0.4, -0.2) is 56.0 Å². The summed E-state index contributed by atoms with van der Waals surface area (Å²) in [5, 5.41) is 8.56. The maximum Gasteiger partial charge on any atom is 0.261 e. The largest absolute Gasteiger partial charge is 0.330 e. The van der Waals surface area contributed by atoms with E-state index in [-0.39, 0.29) is 11.8 Å². The third-order valence-corrected chi connectivity index (χ3v) is 5.36. The molecule has 0 fully saturated rings. The minimum absolute atomic E-state index is 0.172. The molecule has 4 N–H and O–H groups in total. The van der Waals surface area contributed by atoms with Gasteiger partial charge in [0.15, 0.2) is 0 Å². The molecule has 0 spiro atoms. The lowest BCUT2D eigenvalue weighted by Crippen LogP contribution is -2.41. The van der Waals surface area contributed by atoms with Crippen LogP contribution in [0, 0.1) is 0 Å². The molecule has 2 aromatic carbocycles. The predicted octanol–water partition coefficient (Wildman–Crippen LogP) is 2.52. The Morgan fingerprint density at radius 1 is 0.724 bits per heavy atom. The van der Waals surface area contributed by atoms with Gasteiger partial charge in [0.1, 0.15) is 0 Å². The van der Waals surface area contributed by atoms with Crippen LogP contribution in [-0.2, 0) is 0 Å². The number of nitrogens with zero attached hydrogens (tertiary/aromatic N) is 1. The summed E-state index contributed by atoms with van der Waals surface area (Å²) in [6.07, 6.45) is 5.07. The molecule has 0 saturated carbocycles. The van der Waals surface area contributed by atoms with E-state index in [4.69, 9.17) is 5.73 Å². The van der Waals surface area contributed by atoms with Crippen molar-refractivity contribution in [1.82, 2.24) is 15.5 Å². The molecule has 0 saturated heterocycles. The fourth-order valence-corrected chi connectivity index (χ4v) is 3.78. The van der Waals surface area contributed by atoms with Gasteiger partial charge in [-0.3, -0.25) is 14.5 Å². The first-order chi connectivity index (χ1) is 14.2. The SMILES string of the molecule is NCCCNCCCCNCCCCN1C(=O)c2cccc3cccc(c23)C1=O. The Balaban J connectivity index is 1.37. The second kappa shape index (κ2) is 11.0. The Morgan fingerprint density at radius 2 is 1.24 bits per heavy atom. The van der Waals surface area contributed by atoms with Crippen molar-refractivity contribution >= 4 is 22.6 Å². The highest BCUT2D eigenvalue weighted by Crippen LogP contribution is 2.29. The van der Waals surface area contributed by atoms with Crippen molar-refractivity contribution in [3.8, 4) is 0 Å². The number of nitrogens with two attached hydrogens (primary N) is 1. The number of amides is 2. The minimum atomic E-state index is -0.172. The van der Waals surface area contributed by atoms with E-state index in [1.165, 1.54) is 4.90 Å². The summed E-state index contributed by atoms with van der Waals surface area (Å²) in [6, 6.07) is 11.3. The second-order valence-electron chi connectivity index (χ2n) is 7.53. The van der Waals surface area contributed by atoms with Crippen molar-refractivity contribution in [3.63, 3.8) is 0 Å². The predicted molar refractivity (Wildman–Crippen MR) is 117 cm³/mol. The van der Waals surface area contributed by atoms with Crippen LogP contribution in [0.1, 0.15) is 52.8 Å². The van der Waals surface area contributed by atoms with Crippen LogP contribution in [0.25, 0.3) is 10.8 Å². The lowest BCUT2D eigenvalue weighted by molar-refractivity contribution is 0.0608. The first kappa shape index (κ1) is 21.4. The van der Waals surface area contributed by atoms with E-state index in [1.807, 2.05) is 36.4 Å². The summed E-state index contributed by atoms with van der Waals surface area (Å²) < 4.78 is 0. The Kier molecular flexibility index (Phi) is 8.16. The third kappa shape index (κ3) is 5.41. The molecule has 1 aliphatic heterocycles. The maximum absolute atomic E-state index is 12.8. The Bertz CT molecular complexity index is 786. The molecular formula is C23H32N4O2. The lowest BCUT2D eigenvalue weighted by atomic mass is 9.94. The molecule has 0 bridgehead atoms. The third-order valence-electron chi connectivity index (χ3n) is 5.36.